The van der Waals surface area contributed by atoms with E-state index in [9.17, 15) is 8.42 Å². The van der Waals surface area contributed by atoms with Gasteiger partial charge in [-0.15, -0.1) is 11.3 Å². The molecule has 0 spiro atoms. The van der Waals surface area contributed by atoms with Gasteiger partial charge in [-0.05, 0) is 31.1 Å². The minimum atomic E-state index is -3.73. The summed E-state index contributed by atoms with van der Waals surface area (Å²) in [6.07, 6.45) is 1.57. The van der Waals surface area contributed by atoms with Gasteiger partial charge in [-0.2, -0.15) is 0 Å². The topological polar surface area (TPSA) is 84.4 Å². The molecule has 4 rings (SSSR count). The predicted octanol–water partition coefficient (Wildman–Crippen LogP) is 3.55. The highest BCUT2D eigenvalue weighted by Gasteiger charge is 2.20. The zero-order valence-corrected chi connectivity index (χ0v) is 18.6. The molecule has 0 aliphatic carbocycles. The number of nitrogens with zero attached hydrogens (tertiary/aromatic N) is 3. The molecule has 1 N–H and O–H groups in total. The molecule has 0 saturated carbocycles. The van der Waals surface area contributed by atoms with Crippen molar-refractivity contribution in [2.45, 2.75) is 20.4 Å². The van der Waals surface area contributed by atoms with Crippen LogP contribution in [0.15, 0.2) is 35.7 Å². The number of benzene rings is 1. The summed E-state index contributed by atoms with van der Waals surface area (Å²) in [5.41, 5.74) is 1.81. The lowest BCUT2D eigenvalue weighted by atomic mass is 10.2. The van der Waals surface area contributed by atoms with Crippen LogP contribution in [0.25, 0.3) is 16.3 Å². The third-order valence-electron chi connectivity index (χ3n) is 5.02. The summed E-state index contributed by atoms with van der Waals surface area (Å²) in [5, 5.41) is 1.94. The third kappa shape index (κ3) is 4.86. The van der Waals surface area contributed by atoms with Gasteiger partial charge in [0.25, 0.3) is 10.0 Å². The number of aromatic nitrogens is 2. The third-order valence-corrected chi connectivity index (χ3v) is 7.10. The van der Waals surface area contributed by atoms with E-state index in [2.05, 4.69) is 14.6 Å². The van der Waals surface area contributed by atoms with E-state index < -0.39 is 10.0 Å². The van der Waals surface area contributed by atoms with Crippen LogP contribution in [0.3, 0.4) is 0 Å². The molecule has 9 heteroatoms. The summed E-state index contributed by atoms with van der Waals surface area (Å²) >= 11 is 1.56. The fourth-order valence-electron chi connectivity index (χ4n) is 3.30. The van der Waals surface area contributed by atoms with Gasteiger partial charge in [-0.25, -0.2) is 18.4 Å². The van der Waals surface area contributed by atoms with Crippen molar-refractivity contribution < 1.29 is 13.2 Å². The van der Waals surface area contributed by atoms with E-state index >= 15 is 0 Å². The second-order valence-corrected chi connectivity index (χ2v) is 9.97. The van der Waals surface area contributed by atoms with Crippen LogP contribution in [-0.4, -0.2) is 49.6 Å². The molecular weight excluding hydrogens is 420 g/mol. The molecule has 7 nitrogen and oxygen atoms in total. The Balaban J connectivity index is 1.66. The number of rotatable bonds is 6. The second kappa shape index (κ2) is 8.81. The van der Waals surface area contributed by atoms with Crippen LogP contribution in [0.4, 0.5) is 5.82 Å². The van der Waals surface area contributed by atoms with Gasteiger partial charge in [0.05, 0.1) is 30.6 Å². The molecule has 1 aliphatic rings. The molecule has 3 aromatic rings. The van der Waals surface area contributed by atoms with Gasteiger partial charge < -0.3 is 4.74 Å². The van der Waals surface area contributed by atoms with Crippen molar-refractivity contribution >= 4 is 43.5 Å². The van der Waals surface area contributed by atoms with E-state index in [4.69, 9.17) is 9.72 Å². The molecule has 1 fully saturated rings. The largest absolute Gasteiger partial charge is 0.379 e. The Labute approximate surface area is 180 Å². The molecule has 1 aliphatic heterocycles. The van der Waals surface area contributed by atoms with E-state index in [-0.39, 0.29) is 0 Å². The van der Waals surface area contributed by atoms with Crippen molar-refractivity contribution in [3.05, 3.63) is 57.6 Å². The molecule has 0 bridgehead atoms. The minimum Gasteiger partial charge on any atom is -0.379 e. The van der Waals surface area contributed by atoms with Gasteiger partial charge in [-0.3, -0.25) is 9.62 Å². The van der Waals surface area contributed by atoms with E-state index in [0.717, 1.165) is 39.3 Å². The van der Waals surface area contributed by atoms with Crippen LogP contribution >= 0.6 is 11.3 Å². The molecule has 1 saturated heterocycles. The molecule has 0 radical (unpaired) electrons. The lowest BCUT2D eigenvalue weighted by Gasteiger charge is -2.25. The number of aryl methyl sites for hydroxylation is 2. The highest BCUT2D eigenvalue weighted by Crippen LogP contribution is 2.34. The fourth-order valence-corrected chi connectivity index (χ4v) is 5.17. The van der Waals surface area contributed by atoms with Crippen molar-refractivity contribution in [3.8, 4) is 0 Å². The Morgan fingerprint density at radius 2 is 1.90 bits per heavy atom. The monoisotopic (exact) mass is 444 g/mol. The molecule has 158 valence electrons. The quantitative estimate of drug-likeness (QED) is 0.626. The first-order chi connectivity index (χ1) is 14.4. The van der Waals surface area contributed by atoms with Crippen LogP contribution < -0.4 is 4.72 Å². The van der Waals surface area contributed by atoms with Crippen LogP contribution in [-0.2, 0) is 21.3 Å². The number of hydrogen-bond donors (Lipinski definition) is 1. The summed E-state index contributed by atoms with van der Waals surface area (Å²) in [4.78, 5) is 13.4. The first kappa shape index (κ1) is 20.9. The van der Waals surface area contributed by atoms with E-state index in [0.29, 0.717) is 31.4 Å². The highest BCUT2D eigenvalue weighted by molar-refractivity contribution is 7.95. The van der Waals surface area contributed by atoms with Gasteiger partial charge in [0.1, 0.15) is 10.7 Å². The van der Waals surface area contributed by atoms with E-state index in [1.165, 1.54) is 5.41 Å². The van der Waals surface area contributed by atoms with Crippen LogP contribution in [0, 0.1) is 13.8 Å². The predicted molar refractivity (Wildman–Crippen MR) is 121 cm³/mol. The number of nitrogens with one attached hydrogen (secondary N) is 1. The molecule has 0 atom stereocenters. The minimum absolute atomic E-state index is 0.336. The number of sulfonamides is 1. The summed E-state index contributed by atoms with van der Waals surface area (Å²) in [7, 11) is -3.73. The van der Waals surface area contributed by atoms with E-state index in [1.54, 1.807) is 17.4 Å². The zero-order chi connectivity index (χ0) is 21.1. The maximum atomic E-state index is 12.8. The Hall–Kier alpha value is -2.33. The molecular formula is C21H24N4O3S2. The van der Waals surface area contributed by atoms with Crippen molar-refractivity contribution in [2.24, 2.45) is 0 Å². The van der Waals surface area contributed by atoms with E-state index in [1.807, 2.05) is 44.2 Å². The van der Waals surface area contributed by atoms with Gasteiger partial charge in [0, 0.05) is 18.0 Å². The summed E-state index contributed by atoms with van der Waals surface area (Å²) in [6, 6.07) is 9.31. The number of ether oxygens (including phenoxy) is 1. The smallest absolute Gasteiger partial charge is 0.256 e. The second-order valence-electron chi connectivity index (χ2n) is 7.20. The summed E-state index contributed by atoms with van der Waals surface area (Å²) < 4.78 is 33.6. The number of hydrogen-bond acceptors (Lipinski definition) is 7. The Morgan fingerprint density at radius 3 is 2.63 bits per heavy atom. The molecule has 30 heavy (non-hydrogen) atoms. The van der Waals surface area contributed by atoms with Crippen molar-refractivity contribution in [2.75, 3.05) is 31.0 Å². The first-order valence-corrected chi connectivity index (χ1v) is 12.1. The number of morpholine rings is 1. The van der Waals surface area contributed by atoms with Crippen LogP contribution in [0.5, 0.6) is 0 Å². The van der Waals surface area contributed by atoms with Crippen LogP contribution in [0.1, 0.15) is 21.8 Å². The molecule has 2 aromatic heterocycles. The number of anilines is 1. The maximum absolute atomic E-state index is 12.8. The summed E-state index contributed by atoms with van der Waals surface area (Å²) in [6.45, 7) is 7.53. The average molecular weight is 445 g/mol. The van der Waals surface area contributed by atoms with Gasteiger partial charge >= 0.3 is 0 Å². The molecule has 0 unspecified atom stereocenters. The normalized spacial score (nSPS) is 15.8. The molecule has 0 amide bonds. The van der Waals surface area contributed by atoms with Gasteiger partial charge in [0.15, 0.2) is 5.82 Å². The van der Waals surface area contributed by atoms with Crippen molar-refractivity contribution in [3.63, 3.8) is 0 Å². The lowest BCUT2D eigenvalue weighted by molar-refractivity contribution is 0.0331. The van der Waals surface area contributed by atoms with Gasteiger partial charge in [0.2, 0.25) is 0 Å². The Morgan fingerprint density at radius 1 is 1.17 bits per heavy atom. The lowest BCUT2D eigenvalue weighted by Crippen LogP contribution is -2.36. The number of thiophene rings is 1. The van der Waals surface area contributed by atoms with Crippen molar-refractivity contribution in [1.82, 2.24) is 14.9 Å². The van der Waals surface area contributed by atoms with Crippen LogP contribution in [0.2, 0.25) is 0 Å². The molecule has 1 aromatic carbocycles. The maximum Gasteiger partial charge on any atom is 0.256 e. The average Bonchev–Trinajstić information content (AvgIpc) is 3.02. The summed E-state index contributed by atoms with van der Waals surface area (Å²) in [5.74, 6) is 0.943. The van der Waals surface area contributed by atoms with Gasteiger partial charge in [-0.1, -0.05) is 30.3 Å². The zero-order valence-electron chi connectivity index (χ0n) is 17.0. The Bertz CT molecular complexity index is 1170. The van der Waals surface area contributed by atoms with Crippen molar-refractivity contribution in [1.29, 1.82) is 0 Å². The first-order valence-electron chi connectivity index (χ1n) is 9.74. The Kier molecular flexibility index (Phi) is 6.14. The SMILES string of the molecule is Cc1sc2nc(CN3CCOCC3)nc(NS(=O)(=O)/C=C/c3ccccc3)c2c1C. The fraction of sp³-hybridized carbons (Fsp3) is 0.333. The molecule has 3 heterocycles. The number of fused-ring (bicyclic) bond motifs is 1. The standard InChI is InChI=1S/C21H24N4O3S2/c1-15-16(2)29-21-19(15)20(22-18(23-21)14-25-9-11-28-12-10-25)24-30(26,27)13-8-17-6-4-3-5-7-17/h3-8,13H,9-12,14H2,1-2H3,(H,22,23,24)/b13-8+. The highest BCUT2D eigenvalue weighted by atomic mass is 32.2.